The molecule has 0 aliphatic heterocycles. The summed E-state index contributed by atoms with van der Waals surface area (Å²) in [7, 11) is 0. The van der Waals surface area contributed by atoms with Crippen molar-refractivity contribution in [3.8, 4) is 11.5 Å². The Morgan fingerprint density at radius 3 is 2.65 bits per heavy atom. The third-order valence-electron chi connectivity index (χ3n) is 4.22. The van der Waals surface area contributed by atoms with E-state index in [0.717, 1.165) is 19.3 Å². The van der Waals surface area contributed by atoms with Crippen LogP contribution in [0.25, 0.3) is 0 Å². The number of benzene rings is 2. The van der Waals surface area contributed by atoms with E-state index in [1.54, 1.807) is 0 Å². The topological polar surface area (TPSA) is 35.5 Å². The number of carbonyl (C=O) groups excluding carboxylic acids is 1. The summed E-state index contributed by atoms with van der Waals surface area (Å²) in [6.07, 6.45) is 5.59. The Hall–Kier alpha value is -2.29. The zero-order valence-electron chi connectivity index (χ0n) is 13.5. The van der Waals surface area contributed by atoms with E-state index < -0.39 is 0 Å². The van der Waals surface area contributed by atoms with E-state index in [1.165, 1.54) is 29.5 Å². The van der Waals surface area contributed by atoms with Gasteiger partial charge in [0.2, 0.25) is 0 Å². The molecule has 0 fully saturated rings. The van der Waals surface area contributed by atoms with Crippen molar-refractivity contribution in [2.24, 2.45) is 0 Å². The lowest BCUT2D eigenvalue weighted by Crippen LogP contribution is -2.18. The van der Waals surface area contributed by atoms with Gasteiger partial charge in [0.25, 0.3) is 0 Å². The van der Waals surface area contributed by atoms with Crippen molar-refractivity contribution in [2.45, 2.75) is 39.0 Å². The zero-order valence-corrected chi connectivity index (χ0v) is 13.5. The molecule has 120 valence electrons. The van der Waals surface area contributed by atoms with Crippen LogP contribution < -0.4 is 9.47 Å². The summed E-state index contributed by atoms with van der Waals surface area (Å²) in [6.45, 7) is 2.01. The first-order chi connectivity index (χ1) is 11.2. The van der Waals surface area contributed by atoms with Crippen molar-refractivity contribution in [3.05, 3.63) is 59.2 Å². The molecule has 0 amide bonds. The van der Waals surface area contributed by atoms with Gasteiger partial charge < -0.3 is 9.47 Å². The summed E-state index contributed by atoms with van der Waals surface area (Å²) in [4.78, 5) is 12.0. The van der Waals surface area contributed by atoms with Crippen molar-refractivity contribution in [3.63, 3.8) is 0 Å². The number of rotatable bonds is 5. The fraction of sp³-hybridized carbons (Fsp3) is 0.350. The molecule has 1 aliphatic carbocycles. The first-order valence-electron chi connectivity index (χ1n) is 8.29. The molecule has 0 N–H and O–H groups in total. The number of carbonyl (C=O) groups is 1. The van der Waals surface area contributed by atoms with Gasteiger partial charge in [-0.3, -0.25) is 0 Å². The second-order valence-electron chi connectivity index (χ2n) is 5.90. The number of fused-ring (bicyclic) bond motifs is 1. The molecule has 0 atom stereocenters. The molecule has 1 aliphatic rings. The largest absolute Gasteiger partial charge is 0.482 e. The quantitative estimate of drug-likeness (QED) is 0.616. The van der Waals surface area contributed by atoms with E-state index in [1.807, 2.05) is 36.4 Å². The predicted octanol–water partition coefficient (Wildman–Crippen LogP) is 4.11. The van der Waals surface area contributed by atoms with Crippen molar-refractivity contribution in [1.82, 2.24) is 0 Å². The Bertz CT molecular complexity index is 691. The Kier molecular flexibility index (Phi) is 4.96. The van der Waals surface area contributed by atoms with Crippen LogP contribution in [0.15, 0.2) is 42.5 Å². The lowest BCUT2D eigenvalue weighted by Gasteiger charge is -2.16. The molecule has 2 aromatic carbocycles. The fourth-order valence-electron chi connectivity index (χ4n) is 2.93. The summed E-state index contributed by atoms with van der Waals surface area (Å²) < 4.78 is 10.9. The molecule has 3 rings (SSSR count). The highest BCUT2D eigenvalue weighted by Gasteiger charge is 2.12. The van der Waals surface area contributed by atoms with Crippen LogP contribution in [-0.4, -0.2) is 12.6 Å². The normalized spacial score (nSPS) is 13.3. The third kappa shape index (κ3) is 4.13. The summed E-state index contributed by atoms with van der Waals surface area (Å²) in [5, 5.41) is 0. The average Bonchev–Trinajstić information content (AvgIpc) is 2.60. The van der Waals surface area contributed by atoms with Gasteiger partial charge in [0.15, 0.2) is 6.61 Å². The highest BCUT2D eigenvalue weighted by atomic mass is 16.6. The molecule has 0 bridgehead atoms. The molecule has 3 nitrogen and oxygen atoms in total. The van der Waals surface area contributed by atoms with Crippen molar-refractivity contribution >= 4 is 5.97 Å². The molecule has 0 saturated heterocycles. The van der Waals surface area contributed by atoms with Crippen LogP contribution in [0.3, 0.4) is 0 Å². The maximum absolute atomic E-state index is 12.0. The molecular weight excluding hydrogens is 288 g/mol. The Labute approximate surface area is 137 Å². The second kappa shape index (κ2) is 7.32. The highest BCUT2D eigenvalue weighted by Crippen LogP contribution is 2.25. The van der Waals surface area contributed by atoms with Crippen molar-refractivity contribution in [1.29, 1.82) is 0 Å². The first kappa shape index (κ1) is 15.6. The summed E-state index contributed by atoms with van der Waals surface area (Å²) in [6, 6.07) is 13.7. The average molecular weight is 310 g/mol. The fourth-order valence-corrected chi connectivity index (χ4v) is 2.93. The lowest BCUT2D eigenvalue weighted by molar-refractivity contribution is -0.136. The van der Waals surface area contributed by atoms with Crippen molar-refractivity contribution < 1.29 is 14.3 Å². The van der Waals surface area contributed by atoms with Gasteiger partial charge in [-0.2, -0.15) is 0 Å². The van der Waals surface area contributed by atoms with Gasteiger partial charge >= 0.3 is 5.97 Å². The van der Waals surface area contributed by atoms with Gasteiger partial charge in [0.1, 0.15) is 11.5 Å². The van der Waals surface area contributed by atoms with E-state index in [-0.39, 0.29) is 12.6 Å². The Morgan fingerprint density at radius 2 is 1.83 bits per heavy atom. The number of hydrogen-bond donors (Lipinski definition) is 0. The molecule has 3 heteroatoms. The van der Waals surface area contributed by atoms with Gasteiger partial charge in [-0.05, 0) is 73.1 Å². The Balaban J connectivity index is 1.56. The van der Waals surface area contributed by atoms with Gasteiger partial charge in [0, 0.05) is 0 Å². The van der Waals surface area contributed by atoms with Crippen LogP contribution in [0.4, 0.5) is 0 Å². The summed E-state index contributed by atoms with van der Waals surface area (Å²) >= 11 is 0. The molecule has 0 saturated carbocycles. The van der Waals surface area contributed by atoms with Crippen molar-refractivity contribution in [2.75, 3.05) is 6.61 Å². The second-order valence-corrected chi connectivity index (χ2v) is 5.90. The number of ether oxygens (including phenoxy) is 2. The van der Waals surface area contributed by atoms with Crippen LogP contribution in [0.5, 0.6) is 11.5 Å². The van der Waals surface area contributed by atoms with Crippen LogP contribution in [0.1, 0.15) is 36.5 Å². The van der Waals surface area contributed by atoms with E-state index in [4.69, 9.17) is 9.47 Å². The standard InChI is InChI=1S/C20H22O3/c1-2-15-6-5-9-18(12-15)22-14-20(21)23-19-11-10-16-7-3-4-8-17(16)13-19/h5-6,9-13H,2-4,7-8,14H2,1H3. The van der Waals surface area contributed by atoms with E-state index in [2.05, 4.69) is 13.0 Å². The molecule has 0 unspecified atom stereocenters. The maximum atomic E-state index is 12.0. The van der Waals surface area contributed by atoms with E-state index in [9.17, 15) is 4.79 Å². The van der Waals surface area contributed by atoms with Crippen LogP contribution in [-0.2, 0) is 24.1 Å². The van der Waals surface area contributed by atoms with E-state index in [0.29, 0.717) is 11.5 Å². The minimum absolute atomic E-state index is 0.0791. The lowest BCUT2D eigenvalue weighted by atomic mass is 9.92. The number of esters is 1. The van der Waals surface area contributed by atoms with Crippen LogP contribution in [0.2, 0.25) is 0 Å². The SMILES string of the molecule is CCc1cccc(OCC(=O)Oc2ccc3c(c2)CCCC3)c1. The minimum Gasteiger partial charge on any atom is -0.482 e. The van der Waals surface area contributed by atoms with Crippen LogP contribution >= 0.6 is 0 Å². The highest BCUT2D eigenvalue weighted by molar-refractivity contribution is 5.74. The summed E-state index contributed by atoms with van der Waals surface area (Å²) in [5.41, 5.74) is 3.87. The monoisotopic (exact) mass is 310 g/mol. The van der Waals surface area contributed by atoms with Gasteiger partial charge in [-0.15, -0.1) is 0 Å². The molecule has 0 heterocycles. The molecule has 2 aromatic rings. The Morgan fingerprint density at radius 1 is 1.00 bits per heavy atom. The third-order valence-corrected chi connectivity index (χ3v) is 4.22. The van der Waals surface area contributed by atoms with Crippen LogP contribution in [0, 0.1) is 0 Å². The number of hydrogen-bond acceptors (Lipinski definition) is 3. The minimum atomic E-state index is -0.373. The summed E-state index contributed by atoms with van der Waals surface area (Å²) in [5.74, 6) is 0.941. The van der Waals surface area contributed by atoms with Gasteiger partial charge in [-0.25, -0.2) is 4.79 Å². The van der Waals surface area contributed by atoms with Gasteiger partial charge in [-0.1, -0.05) is 25.1 Å². The first-order valence-corrected chi connectivity index (χ1v) is 8.29. The molecular formula is C20H22O3. The molecule has 0 aromatic heterocycles. The zero-order chi connectivity index (χ0) is 16.1. The smallest absolute Gasteiger partial charge is 0.349 e. The molecule has 0 spiro atoms. The van der Waals surface area contributed by atoms with E-state index >= 15 is 0 Å². The maximum Gasteiger partial charge on any atom is 0.349 e. The molecule has 23 heavy (non-hydrogen) atoms. The van der Waals surface area contributed by atoms with Gasteiger partial charge in [0.05, 0.1) is 0 Å². The predicted molar refractivity (Wildman–Crippen MR) is 90.0 cm³/mol. The number of aryl methyl sites for hydroxylation is 3. The molecule has 0 radical (unpaired) electrons.